The minimum absolute atomic E-state index is 0.159. The predicted octanol–water partition coefficient (Wildman–Crippen LogP) is 0.611. The van der Waals surface area contributed by atoms with Gasteiger partial charge in [-0.3, -0.25) is 0 Å². The molecule has 0 amide bonds. The van der Waals surface area contributed by atoms with Gasteiger partial charge < -0.3 is 10.8 Å². The lowest BCUT2D eigenvalue weighted by Gasteiger charge is -1.98. The van der Waals surface area contributed by atoms with Crippen LogP contribution in [0.4, 0.5) is 8.78 Å². The maximum Gasteiger partial charge on any atom is 0.337 e. The average molecular weight is 165 g/mol. The molecule has 0 fully saturated rings. The zero-order valence-electron chi connectivity index (χ0n) is 5.76. The van der Waals surface area contributed by atoms with Crippen LogP contribution in [0.1, 0.15) is 6.42 Å². The molecular formula is C6H9F2NO2. The van der Waals surface area contributed by atoms with Gasteiger partial charge in [0.05, 0.1) is 5.57 Å². The van der Waals surface area contributed by atoms with Crippen LogP contribution in [0.15, 0.2) is 11.6 Å². The molecule has 0 heterocycles. The fourth-order valence-corrected chi connectivity index (χ4v) is 0.509. The monoisotopic (exact) mass is 165 g/mol. The lowest BCUT2D eigenvalue weighted by molar-refractivity contribution is -0.134. The van der Waals surface area contributed by atoms with Crippen molar-refractivity contribution in [2.75, 3.05) is 6.54 Å². The van der Waals surface area contributed by atoms with Gasteiger partial charge in [-0.25, -0.2) is 13.6 Å². The fourth-order valence-electron chi connectivity index (χ4n) is 0.509. The molecule has 0 aliphatic carbocycles. The van der Waals surface area contributed by atoms with Crippen LogP contribution in [0.2, 0.25) is 0 Å². The first-order chi connectivity index (χ1) is 5.09. The minimum atomic E-state index is -2.93. The summed E-state index contributed by atoms with van der Waals surface area (Å²) < 4.78 is 23.6. The molecule has 0 aliphatic heterocycles. The van der Waals surface area contributed by atoms with Crippen LogP contribution in [0.25, 0.3) is 0 Å². The molecule has 0 saturated carbocycles. The van der Waals surface area contributed by atoms with E-state index in [9.17, 15) is 13.6 Å². The topological polar surface area (TPSA) is 63.3 Å². The third-order valence-corrected chi connectivity index (χ3v) is 1.01. The number of carbonyl (C=O) groups is 1. The molecule has 11 heavy (non-hydrogen) atoms. The van der Waals surface area contributed by atoms with Gasteiger partial charge in [-0.1, -0.05) is 6.08 Å². The summed E-state index contributed by atoms with van der Waals surface area (Å²) in [6.07, 6.45) is -1.84. The van der Waals surface area contributed by atoms with E-state index < -0.39 is 18.0 Å². The van der Waals surface area contributed by atoms with Crippen molar-refractivity contribution in [1.29, 1.82) is 0 Å². The molecule has 0 aromatic heterocycles. The molecule has 3 N–H and O–H groups in total. The molecule has 64 valence electrons. The van der Waals surface area contributed by atoms with E-state index in [-0.39, 0.29) is 13.0 Å². The molecule has 0 saturated heterocycles. The van der Waals surface area contributed by atoms with Gasteiger partial charge >= 0.3 is 5.97 Å². The smallest absolute Gasteiger partial charge is 0.337 e. The maximum atomic E-state index is 11.8. The van der Waals surface area contributed by atoms with Crippen LogP contribution in [0.5, 0.6) is 0 Å². The van der Waals surface area contributed by atoms with Gasteiger partial charge in [-0.2, -0.15) is 0 Å². The molecule has 0 bridgehead atoms. The van der Waals surface area contributed by atoms with Gasteiger partial charge in [0, 0.05) is 0 Å². The number of hydrogen-bond acceptors (Lipinski definition) is 2. The van der Waals surface area contributed by atoms with E-state index in [0.717, 1.165) is 6.08 Å². The molecule has 3 nitrogen and oxygen atoms in total. The van der Waals surface area contributed by atoms with Crippen molar-refractivity contribution in [3.8, 4) is 0 Å². The van der Waals surface area contributed by atoms with Crippen molar-refractivity contribution >= 4 is 5.97 Å². The second kappa shape index (κ2) is 4.79. The van der Waals surface area contributed by atoms with E-state index in [2.05, 4.69) is 0 Å². The third kappa shape index (κ3) is 3.67. The van der Waals surface area contributed by atoms with E-state index in [1.165, 1.54) is 0 Å². The summed E-state index contributed by atoms with van der Waals surface area (Å²) in [5.41, 5.74) is 4.12. The van der Waals surface area contributed by atoms with Crippen LogP contribution < -0.4 is 5.73 Å². The van der Waals surface area contributed by atoms with Crippen molar-refractivity contribution < 1.29 is 18.7 Å². The van der Waals surface area contributed by atoms with Crippen molar-refractivity contribution in [1.82, 2.24) is 0 Å². The molecular weight excluding hydrogens is 156 g/mol. The van der Waals surface area contributed by atoms with Crippen LogP contribution in [0.3, 0.4) is 0 Å². The Bertz CT molecular complexity index is 168. The number of alkyl halides is 2. The van der Waals surface area contributed by atoms with Crippen molar-refractivity contribution in [2.45, 2.75) is 12.8 Å². The normalized spacial score (nSPS) is 12.2. The average Bonchev–Trinajstić information content (AvgIpc) is 1.87. The molecule has 0 aromatic rings. The number of carboxylic acid groups (broad SMARTS) is 1. The van der Waals surface area contributed by atoms with Gasteiger partial charge in [-0.05, 0) is 13.0 Å². The Morgan fingerprint density at radius 3 is 2.45 bits per heavy atom. The fraction of sp³-hybridized carbons (Fsp3) is 0.500. The van der Waals surface area contributed by atoms with E-state index in [4.69, 9.17) is 10.8 Å². The van der Waals surface area contributed by atoms with Gasteiger partial charge in [0.25, 0.3) is 6.43 Å². The van der Waals surface area contributed by atoms with Crippen molar-refractivity contribution in [3.05, 3.63) is 11.6 Å². The largest absolute Gasteiger partial charge is 0.478 e. The molecule has 0 spiro atoms. The Hall–Kier alpha value is -0.970. The van der Waals surface area contributed by atoms with E-state index >= 15 is 0 Å². The van der Waals surface area contributed by atoms with Gasteiger partial charge in [0.15, 0.2) is 0 Å². The van der Waals surface area contributed by atoms with Crippen LogP contribution >= 0.6 is 0 Å². The second-order valence-corrected chi connectivity index (χ2v) is 1.84. The van der Waals surface area contributed by atoms with Crippen molar-refractivity contribution in [2.24, 2.45) is 5.73 Å². The summed E-state index contributed by atoms with van der Waals surface area (Å²) >= 11 is 0. The zero-order chi connectivity index (χ0) is 8.85. The minimum Gasteiger partial charge on any atom is -0.478 e. The van der Waals surface area contributed by atoms with Crippen molar-refractivity contribution in [3.63, 3.8) is 0 Å². The molecule has 0 rings (SSSR count). The summed E-state index contributed by atoms with van der Waals surface area (Å²) in [4.78, 5) is 10.1. The first kappa shape index (κ1) is 10.0. The maximum absolute atomic E-state index is 11.8. The molecule has 0 unspecified atom stereocenters. The third-order valence-electron chi connectivity index (χ3n) is 1.01. The molecule has 5 heteroatoms. The lowest BCUT2D eigenvalue weighted by Crippen LogP contribution is -2.10. The number of rotatable bonds is 4. The SMILES string of the molecule is NCCC=C(C(=O)O)C(F)F. The van der Waals surface area contributed by atoms with Crippen LogP contribution in [-0.2, 0) is 4.79 Å². The number of carboxylic acids is 1. The number of aliphatic carboxylic acids is 1. The summed E-state index contributed by atoms with van der Waals surface area (Å²) in [6.45, 7) is 0.170. The Balaban J connectivity index is 4.21. The standard InChI is InChI=1S/C6H9F2NO2/c7-5(8)4(6(10)11)2-1-3-9/h2,5H,1,3,9H2,(H,10,11). The zero-order valence-corrected chi connectivity index (χ0v) is 5.76. The lowest BCUT2D eigenvalue weighted by atomic mass is 10.2. The molecule has 0 atom stereocenters. The summed E-state index contributed by atoms with van der Waals surface area (Å²) in [5.74, 6) is -1.59. The highest BCUT2D eigenvalue weighted by molar-refractivity contribution is 5.87. The Kier molecular flexibility index (Phi) is 4.36. The first-order valence-electron chi connectivity index (χ1n) is 3.01. The molecule has 0 aliphatic rings. The van der Waals surface area contributed by atoms with E-state index in [1.54, 1.807) is 0 Å². The predicted molar refractivity (Wildman–Crippen MR) is 35.4 cm³/mol. The van der Waals surface area contributed by atoms with Gasteiger partial charge in [0.2, 0.25) is 0 Å². The molecule has 0 radical (unpaired) electrons. The van der Waals surface area contributed by atoms with Gasteiger partial charge in [-0.15, -0.1) is 0 Å². The van der Waals surface area contributed by atoms with Crippen LogP contribution in [0, 0.1) is 0 Å². The Morgan fingerprint density at radius 2 is 2.18 bits per heavy atom. The molecule has 0 aromatic carbocycles. The highest BCUT2D eigenvalue weighted by Gasteiger charge is 2.17. The summed E-state index contributed by atoms with van der Waals surface area (Å²) in [6, 6.07) is 0. The first-order valence-corrected chi connectivity index (χ1v) is 3.01. The van der Waals surface area contributed by atoms with Gasteiger partial charge in [0.1, 0.15) is 0 Å². The quantitative estimate of drug-likeness (QED) is 0.600. The Labute approximate surface area is 62.5 Å². The van der Waals surface area contributed by atoms with E-state index in [0.29, 0.717) is 0 Å². The number of halogens is 2. The number of hydrogen-bond donors (Lipinski definition) is 2. The highest BCUT2D eigenvalue weighted by Crippen LogP contribution is 2.08. The van der Waals surface area contributed by atoms with Crippen LogP contribution in [-0.4, -0.2) is 24.0 Å². The highest BCUT2D eigenvalue weighted by atomic mass is 19.3. The Morgan fingerprint density at radius 1 is 1.64 bits per heavy atom. The van der Waals surface area contributed by atoms with E-state index in [1.807, 2.05) is 0 Å². The summed E-state index contributed by atoms with van der Waals surface area (Å²) in [5, 5.41) is 8.18. The summed E-state index contributed by atoms with van der Waals surface area (Å²) in [7, 11) is 0. The second-order valence-electron chi connectivity index (χ2n) is 1.84. The number of nitrogens with two attached hydrogens (primary N) is 1.